The van der Waals surface area contributed by atoms with Crippen molar-refractivity contribution in [1.82, 2.24) is 10.6 Å². The molecular formula is C10H20N2O. The molecule has 3 N–H and O–H groups in total. The summed E-state index contributed by atoms with van der Waals surface area (Å²) >= 11 is 0. The molecule has 1 unspecified atom stereocenters. The fourth-order valence-corrected chi connectivity index (χ4v) is 1.91. The third-order valence-electron chi connectivity index (χ3n) is 3.19. The Kier molecular flexibility index (Phi) is 2.86. The molecule has 3 heteroatoms. The highest BCUT2D eigenvalue weighted by Gasteiger charge is 2.39. The molecule has 0 amide bonds. The summed E-state index contributed by atoms with van der Waals surface area (Å²) in [5.74, 6) is 0.814. The highest BCUT2D eigenvalue weighted by molar-refractivity contribution is 4.93. The lowest BCUT2D eigenvalue weighted by molar-refractivity contribution is 0.139. The van der Waals surface area contributed by atoms with Crippen molar-refractivity contribution in [2.45, 2.75) is 31.3 Å². The molecule has 2 aliphatic rings. The summed E-state index contributed by atoms with van der Waals surface area (Å²) in [4.78, 5) is 0. The van der Waals surface area contributed by atoms with E-state index in [0.29, 0.717) is 0 Å². The summed E-state index contributed by atoms with van der Waals surface area (Å²) in [6, 6.07) is 0. The van der Waals surface area contributed by atoms with Crippen LogP contribution in [0.2, 0.25) is 0 Å². The Hall–Kier alpha value is -0.120. The fourth-order valence-electron chi connectivity index (χ4n) is 1.91. The van der Waals surface area contributed by atoms with Crippen LogP contribution in [0.1, 0.15) is 25.7 Å². The first-order chi connectivity index (χ1) is 6.29. The van der Waals surface area contributed by atoms with Gasteiger partial charge in [-0.1, -0.05) is 0 Å². The Balaban J connectivity index is 1.48. The van der Waals surface area contributed by atoms with Crippen LogP contribution in [0.25, 0.3) is 0 Å². The molecule has 1 aliphatic heterocycles. The largest absolute Gasteiger partial charge is 0.390 e. The number of rotatable bonds is 5. The van der Waals surface area contributed by atoms with Crippen LogP contribution in [0.3, 0.4) is 0 Å². The van der Waals surface area contributed by atoms with Crippen molar-refractivity contribution in [3.05, 3.63) is 0 Å². The molecule has 0 radical (unpaired) electrons. The van der Waals surface area contributed by atoms with E-state index in [1.165, 1.54) is 13.0 Å². The zero-order chi connectivity index (χ0) is 9.15. The van der Waals surface area contributed by atoms with Crippen LogP contribution in [0, 0.1) is 5.92 Å². The van der Waals surface area contributed by atoms with Crippen molar-refractivity contribution in [3.63, 3.8) is 0 Å². The lowest BCUT2D eigenvalue weighted by Crippen LogP contribution is -2.27. The molecule has 0 spiro atoms. The molecule has 1 heterocycles. The molecule has 2 rings (SSSR count). The third kappa shape index (κ3) is 2.93. The van der Waals surface area contributed by atoms with E-state index in [4.69, 9.17) is 0 Å². The number of hydrogen-bond donors (Lipinski definition) is 3. The molecule has 3 nitrogen and oxygen atoms in total. The van der Waals surface area contributed by atoms with E-state index in [9.17, 15) is 5.11 Å². The van der Waals surface area contributed by atoms with Gasteiger partial charge in [0.15, 0.2) is 0 Å². The molecule has 13 heavy (non-hydrogen) atoms. The van der Waals surface area contributed by atoms with Gasteiger partial charge in [0, 0.05) is 0 Å². The Morgan fingerprint density at radius 3 is 2.92 bits per heavy atom. The molecular weight excluding hydrogens is 164 g/mol. The van der Waals surface area contributed by atoms with Crippen molar-refractivity contribution in [1.29, 1.82) is 0 Å². The van der Waals surface area contributed by atoms with Gasteiger partial charge in [-0.3, -0.25) is 0 Å². The second-order valence-corrected chi connectivity index (χ2v) is 4.54. The Labute approximate surface area is 79.9 Å². The summed E-state index contributed by atoms with van der Waals surface area (Å²) in [5, 5.41) is 16.3. The van der Waals surface area contributed by atoms with Gasteiger partial charge in [0.2, 0.25) is 0 Å². The van der Waals surface area contributed by atoms with Gasteiger partial charge in [0.25, 0.3) is 0 Å². The molecule has 2 fully saturated rings. The molecule has 76 valence electrons. The zero-order valence-electron chi connectivity index (χ0n) is 8.18. The van der Waals surface area contributed by atoms with Crippen molar-refractivity contribution < 1.29 is 5.11 Å². The summed E-state index contributed by atoms with van der Waals surface area (Å²) in [7, 11) is 0. The van der Waals surface area contributed by atoms with Gasteiger partial charge < -0.3 is 15.7 Å². The van der Waals surface area contributed by atoms with Gasteiger partial charge in [-0.25, -0.2) is 0 Å². The van der Waals surface area contributed by atoms with Gasteiger partial charge >= 0.3 is 0 Å². The maximum atomic E-state index is 9.57. The maximum Gasteiger partial charge on any atom is 0.0662 e. The van der Waals surface area contributed by atoms with Gasteiger partial charge in [-0.15, -0.1) is 0 Å². The Morgan fingerprint density at radius 2 is 2.31 bits per heavy atom. The molecule has 0 aromatic heterocycles. The minimum absolute atomic E-state index is 0.277. The molecule has 0 bridgehead atoms. The zero-order valence-corrected chi connectivity index (χ0v) is 8.18. The van der Waals surface area contributed by atoms with Crippen LogP contribution in [0.4, 0.5) is 0 Å². The summed E-state index contributed by atoms with van der Waals surface area (Å²) < 4.78 is 0. The van der Waals surface area contributed by atoms with Crippen molar-refractivity contribution >= 4 is 0 Å². The molecule has 1 saturated carbocycles. The van der Waals surface area contributed by atoms with E-state index < -0.39 is 0 Å². The maximum absolute atomic E-state index is 9.57. The standard InChI is InChI=1S/C10H20N2O/c13-10(2-3-10)4-6-12-8-9-1-5-11-7-9/h9,11-13H,1-8H2. The number of hydrogen-bond acceptors (Lipinski definition) is 3. The van der Waals surface area contributed by atoms with Crippen LogP contribution in [-0.2, 0) is 0 Å². The SMILES string of the molecule is OC1(CCNCC2CCNC2)CC1. The highest BCUT2D eigenvalue weighted by atomic mass is 16.3. The summed E-state index contributed by atoms with van der Waals surface area (Å²) in [5.41, 5.74) is -0.277. The first-order valence-corrected chi connectivity index (χ1v) is 5.42. The van der Waals surface area contributed by atoms with Crippen LogP contribution < -0.4 is 10.6 Å². The third-order valence-corrected chi connectivity index (χ3v) is 3.19. The van der Waals surface area contributed by atoms with Crippen LogP contribution >= 0.6 is 0 Å². The van der Waals surface area contributed by atoms with Gasteiger partial charge in [-0.05, 0) is 57.8 Å². The minimum atomic E-state index is -0.277. The fraction of sp³-hybridized carbons (Fsp3) is 1.00. The average Bonchev–Trinajstić information content (AvgIpc) is 2.69. The van der Waals surface area contributed by atoms with E-state index in [1.54, 1.807) is 0 Å². The Bertz CT molecular complexity index is 162. The lowest BCUT2D eigenvalue weighted by atomic mass is 10.1. The summed E-state index contributed by atoms with van der Waals surface area (Å²) in [6.45, 7) is 4.43. The van der Waals surface area contributed by atoms with Gasteiger partial charge in [0.05, 0.1) is 5.60 Å². The highest BCUT2D eigenvalue weighted by Crippen LogP contribution is 2.37. The average molecular weight is 184 g/mol. The van der Waals surface area contributed by atoms with Gasteiger partial charge in [0.1, 0.15) is 0 Å². The molecule has 1 aliphatic carbocycles. The van der Waals surface area contributed by atoms with E-state index in [-0.39, 0.29) is 5.60 Å². The topological polar surface area (TPSA) is 44.3 Å². The van der Waals surface area contributed by atoms with Crippen LogP contribution in [-0.4, -0.2) is 36.9 Å². The van der Waals surface area contributed by atoms with E-state index >= 15 is 0 Å². The Morgan fingerprint density at radius 1 is 1.46 bits per heavy atom. The number of aliphatic hydroxyl groups is 1. The van der Waals surface area contributed by atoms with E-state index in [2.05, 4.69) is 10.6 Å². The quantitative estimate of drug-likeness (QED) is 0.531. The molecule has 1 saturated heterocycles. The summed E-state index contributed by atoms with van der Waals surface area (Å²) in [6.07, 6.45) is 4.27. The predicted octanol–water partition coefficient (Wildman–Crippen LogP) is 0.100. The van der Waals surface area contributed by atoms with Gasteiger partial charge in [-0.2, -0.15) is 0 Å². The van der Waals surface area contributed by atoms with Crippen molar-refractivity contribution in [2.75, 3.05) is 26.2 Å². The molecule has 0 aromatic rings. The first-order valence-electron chi connectivity index (χ1n) is 5.42. The normalized spacial score (nSPS) is 30.7. The minimum Gasteiger partial charge on any atom is -0.390 e. The van der Waals surface area contributed by atoms with E-state index in [1.807, 2.05) is 0 Å². The second kappa shape index (κ2) is 3.95. The predicted molar refractivity (Wildman–Crippen MR) is 52.6 cm³/mol. The van der Waals surface area contributed by atoms with E-state index in [0.717, 1.165) is 44.8 Å². The monoisotopic (exact) mass is 184 g/mol. The first kappa shape index (κ1) is 9.44. The van der Waals surface area contributed by atoms with Crippen molar-refractivity contribution in [2.24, 2.45) is 5.92 Å². The molecule has 1 atom stereocenters. The second-order valence-electron chi connectivity index (χ2n) is 4.54. The molecule has 0 aromatic carbocycles. The number of nitrogens with one attached hydrogen (secondary N) is 2. The van der Waals surface area contributed by atoms with Crippen LogP contribution in [0.5, 0.6) is 0 Å². The smallest absolute Gasteiger partial charge is 0.0662 e. The van der Waals surface area contributed by atoms with Crippen LogP contribution in [0.15, 0.2) is 0 Å². The lowest BCUT2D eigenvalue weighted by Gasteiger charge is -2.11. The van der Waals surface area contributed by atoms with Crippen molar-refractivity contribution in [3.8, 4) is 0 Å².